The minimum atomic E-state index is -1.03. The summed E-state index contributed by atoms with van der Waals surface area (Å²) in [5.74, 6) is -0.244. The van der Waals surface area contributed by atoms with Crippen LogP contribution in [0.2, 0.25) is 0 Å². The Hall–Kier alpha value is -3.49. The molecule has 2 N–H and O–H groups in total. The number of benzene rings is 1. The van der Waals surface area contributed by atoms with Gasteiger partial charge in [0.1, 0.15) is 6.42 Å². The molecule has 3 aromatic rings. The molecule has 1 unspecified atom stereocenters. The summed E-state index contributed by atoms with van der Waals surface area (Å²) >= 11 is 0. The molecule has 0 spiro atoms. The second-order valence-corrected chi connectivity index (χ2v) is 6.28. The van der Waals surface area contributed by atoms with E-state index in [1.54, 1.807) is 12.4 Å². The Morgan fingerprint density at radius 3 is 2.74 bits per heavy atom. The van der Waals surface area contributed by atoms with Crippen LogP contribution in [0.25, 0.3) is 11.5 Å². The summed E-state index contributed by atoms with van der Waals surface area (Å²) in [6.07, 6.45) is 3.85. The summed E-state index contributed by atoms with van der Waals surface area (Å²) in [6, 6.07) is 10.6. The predicted molar refractivity (Wildman–Crippen MR) is 97.3 cm³/mol. The van der Waals surface area contributed by atoms with Gasteiger partial charge in [-0.05, 0) is 18.6 Å². The Labute approximate surface area is 155 Å². The molecule has 3 heterocycles. The Bertz CT molecular complexity index is 912. The van der Waals surface area contributed by atoms with E-state index in [1.807, 2.05) is 18.2 Å². The van der Waals surface area contributed by atoms with Gasteiger partial charge in [-0.25, -0.2) is 9.97 Å². The minimum absolute atomic E-state index is 0.0478. The molecule has 4 rings (SSSR count). The zero-order valence-corrected chi connectivity index (χ0v) is 14.4. The standard InChI is InChI=1S/C18H18N6O3/c25-16(26)8-15-22-23-17(27-15)12-9-19-18(20-10-12)21-13-6-7-24(11-13)14-4-2-1-3-5-14/h1-5,9-10,13H,6-8,11H2,(H,25,26)(H,19,20,21). The van der Waals surface area contributed by atoms with Crippen LogP contribution >= 0.6 is 0 Å². The zero-order valence-electron chi connectivity index (χ0n) is 14.4. The number of carbonyl (C=O) groups is 1. The van der Waals surface area contributed by atoms with E-state index in [1.165, 1.54) is 5.69 Å². The van der Waals surface area contributed by atoms with Gasteiger partial charge in [0.25, 0.3) is 5.89 Å². The van der Waals surface area contributed by atoms with E-state index in [9.17, 15) is 4.79 Å². The van der Waals surface area contributed by atoms with Crippen LogP contribution in [0.1, 0.15) is 12.3 Å². The van der Waals surface area contributed by atoms with Crippen LogP contribution in [-0.2, 0) is 11.2 Å². The molecule has 9 heteroatoms. The molecule has 1 aliphatic rings. The fraction of sp³-hybridized carbons (Fsp3) is 0.278. The smallest absolute Gasteiger partial charge is 0.312 e. The molecule has 1 saturated heterocycles. The van der Waals surface area contributed by atoms with Crippen molar-refractivity contribution in [3.8, 4) is 11.5 Å². The summed E-state index contributed by atoms with van der Waals surface area (Å²) in [5, 5.41) is 19.6. The van der Waals surface area contributed by atoms with Crippen molar-refractivity contribution in [2.45, 2.75) is 18.9 Å². The van der Waals surface area contributed by atoms with Crippen LogP contribution in [-0.4, -0.2) is 50.4 Å². The lowest BCUT2D eigenvalue weighted by atomic mass is 10.3. The molecule has 0 saturated carbocycles. The van der Waals surface area contributed by atoms with E-state index in [-0.39, 0.29) is 24.2 Å². The first-order chi connectivity index (χ1) is 13.2. The molecular weight excluding hydrogens is 348 g/mol. The van der Waals surface area contributed by atoms with Gasteiger partial charge in [0.15, 0.2) is 0 Å². The summed E-state index contributed by atoms with van der Waals surface area (Å²) in [4.78, 5) is 21.6. The van der Waals surface area contributed by atoms with Gasteiger partial charge in [0.05, 0.1) is 5.56 Å². The number of aromatic nitrogens is 4. The third kappa shape index (κ3) is 4.02. The van der Waals surface area contributed by atoms with E-state index in [0.29, 0.717) is 11.5 Å². The number of hydrogen-bond acceptors (Lipinski definition) is 8. The number of carboxylic acid groups (broad SMARTS) is 1. The van der Waals surface area contributed by atoms with Crippen molar-refractivity contribution in [3.05, 3.63) is 48.6 Å². The number of nitrogens with zero attached hydrogens (tertiary/aromatic N) is 5. The molecule has 2 aromatic heterocycles. The maximum Gasteiger partial charge on any atom is 0.312 e. The minimum Gasteiger partial charge on any atom is -0.481 e. The summed E-state index contributed by atoms with van der Waals surface area (Å²) < 4.78 is 5.31. The predicted octanol–water partition coefficient (Wildman–Crippen LogP) is 1.84. The summed E-state index contributed by atoms with van der Waals surface area (Å²) in [5.41, 5.74) is 1.76. The van der Waals surface area contributed by atoms with Crippen molar-refractivity contribution in [3.63, 3.8) is 0 Å². The monoisotopic (exact) mass is 366 g/mol. The number of anilines is 2. The Kier molecular flexibility index (Phi) is 4.65. The van der Waals surface area contributed by atoms with Crippen LogP contribution in [0.3, 0.4) is 0 Å². The van der Waals surface area contributed by atoms with Crippen LogP contribution in [0.15, 0.2) is 47.1 Å². The first kappa shape index (κ1) is 17.0. The average Bonchev–Trinajstić information content (AvgIpc) is 3.32. The number of nitrogens with one attached hydrogen (secondary N) is 1. The largest absolute Gasteiger partial charge is 0.481 e. The number of carboxylic acids is 1. The molecular formula is C18H18N6O3. The zero-order chi connectivity index (χ0) is 18.6. The highest BCUT2D eigenvalue weighted by atomic mass is 16.4. The number of hydrogen-bond donors (Lipinski definition) is 2. The highest BCUT2D eigenvalue weighted by Crippen LogP contribution is 2.22. The van der Waals surface area contributed by atoms with Gasteiger partial charge in [-0.3, -0.25) is 4.79 Å². The van der Waals surface area contributed by atoms with Gasteiger partial charge in [-0.2, -0.15) is 0 Å². The van der Waals surface area contributed by atoms with E-state index in [0.717, 1.165) is 19.5 Å². The van der Waals surface area contributed by atoms with Crippen molar-refractivity contribution in [2.75, 3.05) is 23.3 Å². The Balaban J connectivity index is 1.37. The molecule has 1 aromatic carbocycles. The topological polar surface area (TPSA) is 117 Å². The van der Waals surface area contributed by atoms with Crippen molar-refractivity contribution < 1.29 is 14.3 Å². The van der Waals surface area contributed by atoms with Gasteiger partial charge < -0.3 is 19.7 Å². The van der Waals surface area contributed by atoms with Crippen molar-refractivity contribution in [2.24, 2.45) is 0 Å². The average molecular weight is 366 g/mol. The molecule has 138 valence electrons. The summed E-state index contributed by atoms with van der Waals surface area (Å²) in [6.45, 7) is 1.87. The van der Waals surface area contributed by atoms with Gasteiger partial charge in [-0.1, -0.05) is 18.2 Å². The van der Waals surface area contributed by atoms with Gasteiger partial charge in [0, 0.05) is 37.2 Å². The van der Waals surface area contributed by atoms with Gasteiger partial charge in [-0.15, -0.1) is 10.2 Å². The van der Waals surface area contributed by atoms with Crippen LogP contribution < -0.4 is 10.2 Å². The molecule has 1 fully saturated rings. The second kappa shape index (κ2) is 7.40. The van der Waals surface area contributed by atoms with Crippen molar-refractivity contribution >= 4 is 17.6 Å². The summed E-state index contributed by atoms with van der Waals surface area (Å²) in [7, 11) is 0. The maximum atomic E-state index is 10.7. The normalized spacial score (nSPS) is 16.4. The fourth-order valence-electron chi connectivity index (χ4n) is 3.02. The third-order valence-corrected chi connectivity index (χ3v) is 4.31. The third-order valence-electron chi connectivity index (χ3n) is 4.31. The van der Waals surface area contributed by atoms with Crippen LogP contribution in [0.5, 0.6) is 0 Å². The highest BCUT2D eigenvalue weighted by molar-refractivity contribution is 5.68. The Morgan fingerprint density at radius 1 is 1.22 bits per heavy atom. The number of rotatable bonds is 6. The number of para-hydroxylation sites is 1. The van der Waals surface area contributed by atoms with Crippen LogP contribution in [0.4, 0.5) is 11.6 Å². The fourth-order valence-corrected chi connectivity index (χ4v) is 3.02. The first-order valence-corrected chi connectivity index (χ1v) is 8.60. The molecule has 0 bridgehead atoms. The SMILES string of the molecule is O=C(O)Cc1nnc(-c2cnc(NC3CCN(c4ccccc4)C3)nc2)o1. The van der Waals surface area contributed by atoms with Gasteiger partial charge >= 0.3 is 5.97 Å². The highest BCUT2D eigenvalue weighted by Gasteiger charge is 2.23. The molecule has 0 aliphatic carbocycles. The molecule has 0 radical (unpaired) electrons. The van der Waals surface area contributed by atoms with E-state index in [2.05, 4.69) is 42.5 Å². The maximum absolute atomic E-state index is 10.7. The Morgan fingerprint density at radius 2 is 2.00 bits per heavy atom. The van der Waals surface area contributed by atoms with E-state index >= 15 is 0 Å². The van der Waals surface area contributed by atoms with E-state index < -0.39 is 5.97 Å². The molecule has 0 amide bonds. The molecule has 1 atom stereocenters. The second-order valence-electron chi connectivity index (χ2n) is 6.28. The first-order valence-electron chi connectivity index (χ1n) is 8.60. The number of aliphatic carboxylic acids is 1. The lowest BCUT2D eigenvalue weighted by Gasteiger charge is -2.18. The van der Waals surface area contributed by atoms with Crippen molar-refractivity contribution in [1.29, 1.82) is 0 Å². The molecule has 27 heavy (non-hydrogen) atoms. The van der Waals surface area contributed by atoms with Crippen molar-refractivity contribution in [1.82, 2.24) is 20.2 Å². The molecule has 9 nitrogen and oxygen atoms in total. The van der Waals surface area contributed by atoms with Gasteiger partial charge in [0.2, 0.25) is 11.8 Å². The lowest BCUT2D eigenvalue weighted by Crippen LogP contribution is -2.26. The van der Waals surface area contributed by atoms with Crippen LogP contribution in [0, 0.1) is 0 Å². The quantitative estimate of drug-likeness (QED) is 0.674. The lowest BCUT2D eigenvalue weighted by molar-refractivity contribution is -0.136. The van der Waals surface area contributed by atoms with E-state index in [4.69, 9.17) is 9.52 Å². The molecule has 1 aliphatic heterocycles.